The van der Waals surface area contributed by atoms with Gasteiger partial charge in [0.25, 0.3) is 5.91 Å². The van der Waals surface area contributed by atoms with Crippen LogP contribution in [0.25, 0.3) is 0 Å². The summed E-state index contributed by atoms with van der Waals surface area (Å²) in [6, 6.07) is 19.1. The monoisotopic (exact) mass is 475 g/mol. The minimum atomic E-state index is -0.895. The van der Waals surface area contributed by atoms with Crippen LogP contribution in [0.5, 0.6) is 11.5 Å². The Morgan fingerprint density at radius 1 is 1.06 bits per heavy atom. The number of halogens is 1. The van der Waals surface area contributed by atoms with Crippen molar-refractivity contribution in [2.24, 2.45) is 11.0 Å². The van der Waals surface area contributed by atoms with Crippen LogP contribution >= 0.6 is 0 Å². The quantitative estimate of drug-likeness (QED) is 0.180. The number of amides is 2. The maximum absolute atomic E-state index is 13.4. The second kappa shape index (κ2) is 10.6. The second-order valence-electron chi connectivity index (χ2n) is 7.78. The van der Waals surface area contributed by atoms with Gasteiger partial charge in [-0.15, -0.1) is 0 Å². The van der Waals surface area contributed by atoms with Crippen LogP contribution in [0.1, 0.15) is 27.4 Å². The molecule has 2 N–H and O–H groups in total. The Hall–Kier alpha value is -4.53. The van der Waals surface area contributed by atoms with E-state index in [1.807, 2.05) is 30.3 Å². The van der Waals surface area contributed by atoms with Crippen LogP contribution in [0.2, 0.25) is 0 Å². The highest BCUT2D eigenvalue weighted by molar-refractivity contribution is 6.03. The fraction of sp³-hybridized carbons (Fsp3) is 0.154. The molecule has 2 amide bonds. The van der Waals surface area contributed by atoms with Crippen molar-refractivity contribution >= 4 is 24.0 Å². The van der Waals surface area contributed by atoms with E-state index in [0.717, 1.165) is 11.6 Å². The molecule has 0 bridgehead atoms. The first-order valence-electron chi connectivity index (χ1n) is 10.8. The smallest absolute Gasteiger partial charge is 0.343 e. The molecule has 2 atom stereocenters. The van der Waals surface area contributed by atoms with Crippen molar-refractivity contribution in [2.75, 3.05) is 13.7 Å². The van der Waals surface area contributed by atoms with E-state index in [1.165, 1.54) is 37.6 Å². The zero-order valence-corrected chi connectivity index (χ0v) is 18.7. The molecule has 0 radical (unpaired) electrons. The van der Waals surface area contributed by atoms with Crippen molar-refractivity contribution in [1.29, 1.82) is 0 Å². The summed E-state index contributed by atoms with van der Waals surface area (Å²) in [5.74, 6) is -2.96. The Morgan fingerprint density at radius 3 is 2.60 bits per heavy atom. The molecule has 8 nitrogen and oxygen atoms in total. The van der Waals surface area contributed by atoms with Crippen LogP contribution in [0, 0.1) is 11.7 Å². The van der Waals surface area contributed by atoms with Crippen molar-refractivity contribution < 1.29 is 28.2 Å². The number of hydrazone groups is 1. The molecular formula is C26H22FN3O5. The van der Waals surface area contributed by atoms with Crippen LogP contribution < -0.4 is 20.2 Å². The molecule has 3 aromatic carbocycles. The Morgan fingerprint density at radius 2 is 1.86 bits per heavy atom. The van der Waals surface area contributed by atoms with Gasteiger partial charge in [0.2, 0.25) is 5.91 Å². The summed E-state index contributed by atoms with van der Waals surface area (Å²) < 4.78 is 24.0. The van der Waals surface area contributed by atoms with E-state index in [-0.39, 0.29) is 28.9 Å². The highest BCUT2D eigenvalue weighted by Crippen LogP contribution is 2.30. The maximum Gasteiger partial charge on any atom is 0.343 e. The van der Waals surface area contributed by atoms with Gasteiger partial charge in [0.1, 0.15) is 11.7 Å². The number of methoxy groups -OCH3 is 1. The summed E-state index contributed by atoms with van der Waals surface area (Å²) >= 11 is 0. The minimum absolute atomic E-state index is 0.0603. The van der Waals surface area contributed by atoms with E-state index in [4.69, 9.17) is 9.47 Å². The lowest BCUT2D eigenvalue weighted by molar-refractivity contribution is -0.133. The third-order valence-electron chi connectivity index (χ3n) is 5.53. The lowest BCUT2D eigenvalue weighted by Crippen LogP contribution is -2.34. The third kappa shape index (κ3) is 5.52. The van der Waals surface area contributed by atoms with Crippen LogP contribution in [0.4, 0.5) is 4.39 Å². The van der Waals surface area contributed by atoms with Crippen molar-refractivity contribution in [3.8, 4) is 11.5 Å². The topological polar surface area (TPSA) is 106 Å². The number of hydrogen-bond acceptors (Lipinski definition) is 6. The number of benzene rings is 3. The zero-order valence-electron chi connectivity index (χ0n) is 18.7. The van der Waals surface area contributed by atoms with Gasteiger partial charge in [0.05, 0.1) is 18.9 Å². The number of nitrogens with zero attached hydrogens (tertiary/aromatic N) is 1. The first-order valence-corrected chi connectivity index (χ1v) is 10.8. The van der Waals surface area contributed by atoms with E-state index >= 15 is 0 Å². The number of hydrogen-bond donors (Lipinski definition) is 2. The Bertz CT molecular complexity index is 1280. The fourth-order valence-electron chi connectivity index (χ4n) is 3.80. The molecule has 1 saturated heterocycles. The number of nitrogens with one attached hydrogen (secondary N) is 2. The van der Waals surface area contributed by atoms with Gasteiger partial charge < -0.3 is 14.8 Å². The van der Waals surface area contributed by atoms with Gasteiger partial charge in [-0.1, -0.05) is 36.4 Å². The largest absolute Gasteiger partial charge is 0.493 e. The van der Waals surface area contributed by atoms with Gasteiger partial charge in [-0.3, -0.25) is 9.59 Å². The number of carbonyl (C=O) groups excluding carboxylic acids is 3. The highest BCUT2D eigenvalue weighted by atomic mass is 19.1. The average molecular weight is 475 g/mol. The van der Waals surface area contributed by atoms with Crippen LogP contribution in [-0.2, 0) is 9.59 Å². The normalized spacial score (nSPS) is 17.1. The van der Waals surface area contributed by atoms with Crippen molar-refractivity contribution in [3.63, 3.8) is 0 Å². The molecular weight excluding hydrogens is 453 g/mol. The molecule has 4 rings (SSSR count). The standard InChI is InChI=1S/C26H22FN3O5/c1-34-22-12-16(10-11-21(22)35-26(33)18-8-5-9-19(27)13-18)14-29-30-25(32)23-20(15-28-24(23)31)17-6-3-2-4-7-17/h2-14,20,23H,15H2,1H3,(H,28,31)(H,30,32)/b29-14+/t20-,23-/m1/s1. The number of carbonyl (C=O) groups is 3. The summed E-state index contributed by atoms with van der Waals surface area (Å²) in [4.78, 5) is 37.2. The number of ether oxygens (including phenoxy) is 2. The van der Waals surface area contributed by atoms with E-state index in [0.29, 0.717) is 12.1 Å². The molecule has 9 heteroatoms. The molecule has 0 spiro atoms. The molecule has 0 aliphatic carbocycles. The fourth-order valence-corrected chi connectivity index (χ4v) is 3.80. The summed E-state index contributed by atoms with van der Waals surface area (Å²) in [6.45, 7) is 0.373. The summed E-state index contributed by atoms with van der Waals surface area (Å²) in [6.07, 6.45) is 1.38. The van der Waals surface area contributed by atoms with E-state index in [9.17, 15) is 18.8 Å². The average Bonchev–Trinajstić information content (AvgIpc) is 3.26. The highest BCUT2D eigenvalue weighted by Gasteiger charge is 2.40. The van der Waals surface area contributed by atoms with Crippen molar-refractivity contribution in [1.82, 2.24) is 10.7 Å². The summed E-state index contributed by atoms with van der Waals surface area (Å²) in [5, 5.41) is 6.69. The molecule has 0 saturated carbocycles. The van der Waals surface area contributed by atoms with E-state index in [1.54, 1.807) is 12.1 Å². The van der Waals surface area contributed by atoms with Gasteiger partial charge in [-0.05, 0) is 47.5 Å². The molecule has 178 valence electrons. The lowest BCUT2D eigenvalue weighted by atomic mass is 9.88. The maximum atomic E-state index is 13.4. The Balaban J connectivity index is 1.42. The second-order valence-corrected chi connectivity index (χ2v) is 7.78. The van der Waals surface area contributed by atoms with Gasteiger partial charge in [-0.25, -0.2) is 14.6 Å². The summed E-state index contributed by atoms with van der Waals surface area (Å²) in [5.41, 5.74) is 3.92. The first-order chi connectivity index (χ1) is 17.0. The summed E-state index contributed by atoms with van der Waals surface area (Å²) in [7, 11) is 1.40. The number of esters is 1. The minimum Gasteiger partial charge on any atom is -0.493 e. The molecule has 35 heavy (non-hydrogen) atoms. The first kappa shape index (κ1) is 23.6. The van der Waals surface area contributed by atoms with Crippen molar-refractivity contribution in [3.05, 3.63) is 95.3 Å². The lowest BCUT2D eigenvalue weighted by Gasteiger charge is -2.15. The van der Waals surface area contributed by atoms with Crippen LogP contribution in [0.3, 0.4) is 0 Å². The Kier molecular flexibility index (Phi) is 7.15. The molecule has 1 aliphatic heterocycles. The predicted octanol–water partition coefficient (Wildman–Crippen LogP) is 3.03. The number of rotatable bonds is 7. The van der Waals surface area contributed by atoms with Gasteiger partial charge in [-0.2, -0.15) is 5.10 Å². The molecule has 0 aromatic heterocycles. The molecule has 1 aliphatic rings. The molecule has 0 unspecified atom stereocenters. The molecule has 3 aromatic rings. The van der Waals surface area contributed by atoms with Gasteiger partial charge >= 0.3 is 5.97 Å². The molecule has 1 fully saturated rings. The van der Waals surface area contributed by atoms with E-state index < -0.39 is 23.6 Å². The van der Waals surface area contributed by atoms with Crippen LogP contribution in [-0.4, -0.2) is 37.7 Å². The van der Waals surface area contributed by atoms with Gasteiger partial charge in [0, 0.05) is 12.5 Å². The Labute approximate surface area is 200 Å². The zero-order chi connectivity index (χ0) is 24.8. The van der Waals surface area contributed by atoms with E-state index in [2.05, 4.69) is 15.8 Å². The van der Waals surface area contributed by atoms with Crippen LogP contribution in [0.15, 0.2) is 77.9 Å². The SMILES string of the molecule is COc1cc(/C=N/NC(=O)[C@H]2C(=O)NC[C@@H]2c2ccccc2)ccc1OC(=O)c1cccc(F)c1. The predicted molar refractivity (Wildman–Crippen MR) is 126 cm³/mol. The van der Waals surface area contributed by atoms with Crippen molar-refractivity contribution in [2.45, 2.75) is 5.92 Å². The molecule has 1 heterocycles. The third-order valence-corrected chi connectivity index (χ3v) is 5.53. The van der Waals surface area contributed by atoms with Gasteiger partial charge in [0.15, 0.2) is 11.5 Å².